The van der Waals surface area contributed by atoms with Gasteiger partial charge in [0, 0.05) is 13.6 Å². The zero-order valence-corrected chi connectivity index (χ0v) is 12.1. The van der Waals surface area contributed by atoms with Crippen LogP contribution in [0.2, 0.25) is 5.02 Å². The molecule has 0 saturated carbocycles. The zero-order valence-electron chi connectivity index (χ0n) is 10.6. The number of nitrogens with two attached hydrogens (primary N) is 1. The van der Waals surface area contributed by atoms with Crippen molar-refractivity contribution in [2.75, 3.05) is 19.3 Å². The van der Waals surface area contributed by atoms with Gasteiger partial charge in [0.1, 0.15) is 10.7 Å². The Labute approximate surface area is 117 Å². The highest BCUT2D eigenvalue weighted by atomic mass is 35.5. The second-order valence-corrected chi connectivity index (χ2v) is 6.48. The van der Waals surface area contributed by atoms with Crippen LogP contribution in [0, 0.1) is 5.82 Å². The van der Waals surface area contributed by atoms with Crippen molar-refractivity contribution in [3.63, 3.8) is 0 Å². The number of anilines is 1. The van der Waals surface area contributed by atoms with Crippen LogP contribution in [0.3, 0.4) is 0 Å². The molecule has 4 nitrogen and oxygen atoms in total. The fraction of sp³-hybridized carbons (Fsp3) is 0.333. The van der Waals surface area contributed by atoms with Crippen molar-refractivity contribution in [1.29, 1.82) is 0 Å². The molecule has 0 saturated heterocycles. The van der Waals surface area contributed by atoms with E-state index < -0.39 is 15.8 Å². The van der Waals surface area contributed by atoms with E-state index in [4.69, 9.17) is 17.3 Å². The van der Waals surface area contributed by atoms with Crippen LogP contribution in [0.25, 0.3) is 0 Å². The molecule has 1 aromatic rings. The predicted molar refractivity (Wildman–Crippen MR) is 75.1 cm³/mol. The normalized spacial score (nSPS) is 11.8. The number of hydrogen-bond donors (Lipinski definition) is 1. The van der Waals surface area contributed by atoms with Gasteiger partial charge in [0.15, 0.2) is 0 Å². The first-order valence-corrected chi connectivity index (χ1v) is 7.44. The lowest BCUT2D eigenvalue weighted by atomic mass is 10.3. The van der Waals surface area contributed by atoms with Gasteiger partial charge in [-0.2, -0.15) is 0 Å². The number of allylic oxidation sites excluding steroid dienone is 1. The van der Waals surface area contributed by atoms with Crippen molar-refractivity contribution in [1.82, 2.24) is 4.31 Å². The number of unbranched alkanes of at least 4 members (excludes halogenated alkanes) is 1. The fourth-order valence-corrected chi connectivity index (χ4v) is 3.22. The highest BCUT2D eigenvalue weighted by Gasteiger charge is 2.24. The van der Waals surface area contributed by atoms with Crippen molar-refractivity contribution in [2.45, 2.75) is 17.7 Å². The Kier molecular flexibility index (Phi) is 5.34. The maximum absolute atomic E-state index is 13.2. The van der Waals surface area contributed by atoms with Gasteiger partial charge < -0.3 is 5.73 Å². The predicted octanol–water partition coefficient (Wildman–Crippen LogP) is 2.65. The van der Waals surface area contributed by atoms with Gasteiger partial charge in [0.2, 0.25) is 10.0 Å². The van der Waals surface area contributed by atoms with Crippen LogP contribution in [0.4, 0.5) is 10.1 Å². The van der Waals surface area contributed by atoms with E-state index in [2.05, 4.69) is 6.58 Å². The largest absolute Gasteiger partial charge is 0.396 e. The Morgan fingerprint density at radius 3 is 2.74 bits per heavy atom. The Balaban J connectivity index is 3.06. The summed E-state index contributed by atoms with van der Waals surface area (Å²) in [5.41, 5.74) is 5.13. The Bertz CT molecular complexity index is 575. The number of benzene rings is 1. The highest BCUT2D eigenvalue weighted by Crippen LogP contribution is 2.28. The lowest BCUT2D eigenvalue weighted by molar-refractivity contribution is 0.462. The third kappa shape index (κ3) is 3.68. The van der Waals surface area contributed by atoms with Crippen LogP contribution >= 0.6 is 11.6 Å². The first-order chi connectivity index (χ1) is 8.80. The van der Waals surface area contributed by atoms with Crippen LogP contribution < -0.4 is 5.73 Å². The second kappa shape index (κ2) is 6.36. The average Bonchev–Trinajstić information content (AvgIpc) is 2.33. The maximum atomic E-state index is 13.2. The van der Waals surface area contributed by atoms with Crippen LogP contribution in [-0.2, 0) is 10.0 Å². The van der Waals surface area contributed by atoms with Crippen LogP contribution in [0.5, 0.6) is 0 Å². The minimum absolute atomic E-state index is 0.178. The van der Waals surface area contributed by atoms with Crippen molar-refractivity contribution in [2.24, 2.45) is 0 Å². The van der Waals surface area contributed by atoms with Gasteiger partial charge in [0.05, 0.1) is 10.7 Å². The molecule has 0 atom stereocenters. The molecule has 7 heteroatoms. The quantitative estimate of drug-likeness (QED) is 0.499. The molecular weight excluding hydrogens is 291 g/mol. The molecule has 0 unspecified atom stereocenters. The minimum atomic E-state index is -3.77. The summed E-state index contributed by atoms with van der Waals surface area (Å²) in [5.74, 6) is -0.738. The van der Waals surface area contributed by atoms with Crippen molar-refractivity contribution < 1.29 is 12.8 Å². The summed E-state index contributed by atoms with van der Waals surface area (Å²) >= 11 is 5.77. The number of rotatable bonds is 6. The SMILES string of the molecule is C=CCCCN(C)S(=O)(=O)c1cc(N)c(F)cc1Cl. The molecule has 19 heavy (non-hydrogen) atoms. The van der Waals surface area contributed by atoms with E-state index in [1.165, 1.54) is 7.05 Å². The zero-order chi connectivity index (χ0) is 14.6. The topological polar surface area (TPSA) is 63.4 Å². The van der Waals surface area contributed by atoms with Gasteiger partial charge in [-0.25, -0.2) is 17.1 Å². The number of hydrogen-bond acceptors (Lipinski definition) is 3. The smallest absolute Gasteiger partial charge is 0.244 e. The summed E-state index contributed by atoms with van der Waals surface area (Å²) in [4.78, 5) is -0.186. The molecule has 106 valence electrons. The molecule has 0 aliphatic carbocycles. The molecular formula is C12H16ClFN2O2S. The molecule has 2 N–H and O–H groups in total. The van der Waals surface area contributed by atoms with Crippen LogP contribution in [-0.4, -0.2) is 26.3 Å². The Morgan fingerprint density at radius 1 is 1.53 bits per heavy atom. The first kappa shape index (κ1) is 15.9. The number of nitrogen functional groups attached to an aromatic ring is 1. The van der Waals surface area contributed by atoms with E-state index >= 15 is 0 Å². The number of sulfonamides is 1. The molecule has 0 aliphatic heterocycles. The van der Waals surface area contributed by atoms with E-state index in [1.807, 2.05) is 0 Å². The van der Waals surface area contributed by atoms with Gasteiger partial charge in [-0.05, 0) is 25.0 Å². The second-order valence-electron chi connectivity index (χ2n) is 4.06. The van der Waals surface area contributed by atoms with Gasteiger partial charge in [-0.15, -0.1) is 6.58 Å². The minimum Gasteiger partial charge on any atom is -0.396 e. The van der Waals surface area contributed by atoms with Crippen molar-refractivity contribution >= 4 is 27.3 Å². The summed E-state index contributed by atoms with van der Waals surface area (Å²) in [6.45, 7) is 3.89. The van der Waals surface area contributed by atoms with E-state index in [1.54, 1.807) is 6.08 Å². The highest BCUT2D eigenvalue weighted by molar-refractivity contribution is 7.89. The Morgan fingerprint density at radius 2 is 2.16 bits per heavy atom. The van der Waals surface area contributed by atoms with Gasteiger partial charge in [-0.3, -0.25) is 0 Å². The molecule has 0 spiro atoms. The monoisotopic (exact) mass is 306 g/mol. The first-order valence-electron chi connectivity index (χ1n) is 5.62. The lowest BCUT2D eigenvalue weighted by Crippen LogP contribution is -2.28. The van der Waals surface area contributed by atoms with Gasteiger partial charge >= 0.3 is 0 Å². The summed E-state index contributed by atoms with van der Waals surface area (Å²) in [5, 5.41) is -0.178. The molecule has 0 amide bonds. The van der Waals surface area contributed by atoms with Gasteiger partial charge in [0.25, 0.3) is 0 Å². The van der Waals surface area contributed by atoms with Crippen LogP contribution in [0.15, 0.2) is 29.7 Å². The van der Waals surface area contributed by atoms with E-state index in [-0.39, 0.29) is 15.6 Å². The fourth-order valence-electron chi connectivity index (χ4n) is 1.49. The maximum Gasteiger partial charge on any atom is 0.244 e. The summed E-state index contributed by atoms with van der Waals surface area (Å²) in [6.07, 6.45) is 3.07. The van der Waals surface area contributed by atoms with E-state index in [0.717, 1.165) is 16.4 Å². The van der Waals surface area contributed by atoms with E-state index in [9.17, 15) is 12.8 Å². The average molecular weight is 307 g/mol. The molecule has 0 heterocycles. The number of nitrogens with zero attached hydrogens (tertiary/aromatic N) is 1. The number of halogens is 2. The van der Waals surface area contributed by atoms with E-state index in [0.29, 0.717) is 19.4 Å². The molecule has 0 radical (unpaired) electrons. The third-order valence-corrected chi connectivity index (χ3v) is 4.94. The molecule has 0 aliphatic rings. The standard InChI is InChI=1S/C12H16ClFN2O2S/c1-3-4-5-6-16(2)19(17,18)12-8-11(15)10(14)7-9(12)13/h3,7-8H,1,4-6,15H2,2H3. The molecule has 0 aromatic heterocycles. The van der Waals surface area contributed by atoms with Crippen molar-refractivity contribution in [3.8, 4) is 0 Å². The van der Waals surface area contributed by atoms with Crippen molar-refractivity contribution in [3.05, 3.63) is 35.6 Å². The summed E-state index contributed by atoms with van der Waals surface area (Å²) in [7, 11) is -2.33. The third-order valence-electron chi connectivity index (χ3n) is 2.62. The Hall–Kier alpha value is -1.11. The molecule has 0 fully saturated rings. The molecule has 1 aromatic carbocycles. The lowest BCUT2D eigenvalue weighted by Gasteiger charge is -2.18. The van der Waals surface area contributed by atoms with Crippen LogP contribution in [0.1, 0.15) is 12.8 Å². The summed E-state index contributed by atoms with van der Waals surface area (Å²) in [6, 6.07) is 1.94. The molecule has 0 bridgehead atoms. The van der Waals surface area contributed by atoms with Gasteiger partial charge in [-0.1, -0.05) is 17.7 Å². The molecule has 1 rings (SSSR count). The summed E-state index contributed by atoms with van der Waals surface area (Å²) < 4.78 is 38.8.